The molecule has 0 atom stereocenters. The minimum absolute atomic E-state index is 0.110. The van der Waals surface area contributed by atoms with Crippen LogP contribution in [-0.2, 0) is 6.42 Å². The molecule has 0 radical (unpaired) electrons. The van der Waals surface area contributed by atoms with Gasteiger partial charge in [-0.25, -0.2) is 0 Å². The molecule has 0 saturated carbocycles. The van der Waals surface area contributed by atoms with Gasteiger partial charge >= 0.3 is 0 Å². The van der Waals surface area contributed by atoms with E-state index in [-0.39, 0.29) is 11.5 Å². The van der Waals surface area contributed by atoms with Crippen molar-refractivity contribution in [1.29, 1.82) is 0 Å². The van der Waals surface area contributed by atoms with Gasteiger partial charge in [-0.05, 0) is 67.0 Å². The van der Waals surface area contributed by atoms with Gasteiger partial charge in [-0.3, -0.25) is 4.79 Å². The van der Waals surface area contributed by atoms with Gasteiger partial charge in [-0.1, -0.05) is 112 Å². The van der Waals surface area contributed by atoms with E-state index in [1.54, 1.807) is 6.92 Å². The van der Waals surface area contributed by atoms with Crippen LogP contribution in [0.15, 0.2) is 103 Å². The summed E-state index contributed by atoms with van der Waals surface area (Å²) >= 11 is 0. The van der Waals surface area contributed by atoms with E-state index >= 15 is 0 Å². The van der Waals surface area contributed by atoms with Crippen molar-refractivity contribution in [2.24, 2.45) is 0 Å². The number of rotatable bonds is 8. The van der Waals surface area contributed by atoms with Crippen LogP contribution >= 0.6 is 0 Å². The van der Waals surface area contributed by atoms with E-state index in [0.29, 0.717) is 0 Å². The lowest BCUT2D eigenvalue weighted by Gasteiger charge is -2.15. The van der Waals surface area contributed by atoms with Gasteiger partial charge in [0, 0.05) is 11.1 Å². The second-order valence-corrected chi connectivity index (χ2v) is 8.77. The second-order valence-electron chi connectivity index (χ2n) is 8.77. The maximum Gasteiger partial charge on any atom is 0.160 e. The van der Waals surface area contributed by atoms with Gasteiger partial charge in [0.1, 0.15) is 5.76 Å². The molecule has 0 aliphatic carbocycles. The molecule has 0 aromatic heterocycles. The van der Waals surface area contributed by atoms with E-state index in [9.17, 15) is 9.90 Å². The normalized spacial score (nSPS) is 11.1. The largest absolute Gasteiger partial charge is 0.508 e. The Labute approximate surface area is 211 Å². The van der Waals surface area contributed by atoms with Crippen LogP contribution in [0.1, 0.15) is 67.6 Å². The molecule has 2 nitrogen and oxygen atoms in total. The molecule has 0 amide bonds. The van der Waals surface area contributed by atoms with Crippen LogP contribution in [-0.4, -0.2) is 10.9 Å². The van der Waals surface area contributed by atoms with Crippen molar-refractivity contribution >= 4 is 11.4 Å². The standard InChI is InChI=1S/C17H22O.C16H16O/c1-6-9-12(2)14(4)17(15(5)18)16-11-8-7-10-13(16)3;1-3-13-8-10-14(11-9-13)16-7-5-4-6-15(16)12(2)17/h7-8,10-11,18H,2,5-6,9H2,1,3-4H3;4-11H,3H2,1-2H3/b17-14-;. The van der Waals surface area contributed by atoms with Gasteiger partial charge in [-0.15, -0.1) is 0 Å². The third kappa shape index (κ3) is 7.42. The van der Waals surface area contributed by atoms with Crippen molar-refractivity contribution < 1.29 is 9.90 Å². The second kappa shape index (κ2) is 13.3. The highest BCUT2D eigenvalue weighted by Gasteiger charge is 2.13. The Morgan fingerprint density at radius 1 is 0.829 bits per heavy atom. The van der Waals surface area contributed by atoms with Gasteiger partial charge in [0.05, 0.1) is 0 Å². The summed E-state index contributed by atoms with van der Waals surface area (Å²) in [6.45, 7) is 17.7. The lowest BCUT2D eigenvalue weighted by molar-refractivity contribution is 0.101. The molecule has 0 heterocycles. The molecular formula is C33H38O2. The van der Waals surface area contributed by atoms with Crippen molar-refractivity contribution in [3.05, 3.63) is 125 Å². The van der Waals surface area contributed by atoms with E-state index in [1.807, 2.05) is 62.4 Å². The molecule has 0 aliphatic heterocycles. The quantitative estimate of drug-likeness (QED) is 0.204. The highest BCUT2D eigenvalue weighted by atomic mass is 16.3. The van der Waals surface area contributed by atoms with E-state index in [2.05, 4.69) is 51.3 Å². The number of ketones is 1. The molecule has 3 rings (SSSR count). The highest BCUT2D eigenvalue weighted by Crippen LogP contribution is 2.31. The first-order chi connectivity index (χ1) is 16.7. The predicted octanol–water partition coefficient (Wildman–Crippen LogP) is 9.32. The summed E-state index contributed by atoms with van der Waals surface area (Å²) in [6.07, 6.45) is 3.03. The van der Waals surface area contributed by atoms with Crippen LogP contribution in [0, 0.1) is 6.92 Å². The molecule has 0 unspecified atom stereocenters. The number of hydrogen-bond acceptors (Lipinski definition) is 2. The van der Waals surface area contributed by atoms with Crippen molar-refractivity contribution in [3.8, 4) is 11.1 Å². The van der Waals surface area contributed by atoms with E-state index in [4.69, 9.17) is 0 Å². The van der Waals surface area contributed by atoms with E-state index in [1.165, 1.54) is 5.56 Å². The maximum atomic E-state index is 11.6. The van der Waals surface area contributed by atoms with Crippen LogP contribution < -0.4 is 0 Å². The Balaban J connectivity index is 0.000000247. The number of carbonyl (C=O) groups is 1. The Bertz CT molecular complexity index is 1210. The number of allylic oxidation sites excluding steroid dienone is 3. The topological polar surface area (TPSA) is 37.3 Å². The van der Waals surface area contributed by atoms with Gasteiger partial charge in [0.25, 0.3) is 0 Å². The summed E-state index contributed by atoms with van der Waals surface area (Å²) in [5.41, 5.74) is 9.28. The zero-order valence-corrected chi connectivity index (χ0v) is 21.8. The minimum Gasteiger partial charge on any atom is -0.508 e. The molecule has 3 aromatic rings. The molecule has 0 spiro atoms. The molecule has 2 heteroatoms. The number of aliphatic hydroxyl groups is 1. The van der Waals surface area contributed by atoms with Crippen molar-refractivity contribution in [1.82, 2.24) is 0 Å². The van der Waals surface area contributed by atoms with Crippen molar-refractivity contribution in [3.63, 3.8) is 0 Å². The lowest BCUT2D eigenvalue weighted by atomic mass is 9.91. The number of carbonyl (C=O) groups excluding carboxylic acids is 1. The van der Waals surface area contributed by atoms with Gasteiger partial charge in [0.2, 0.25) is 0 Å². The van der Waals surface area contributed by atoms with Gasteiger partial charge in [-0.2, -0.15) is 0 Å². The first kappa shape index (κ1) is 27.6. The third-order valence-electron chi connectivity index (χ3n) is 6.14. The minimum atomic E-state index is 0.110. The average Bonchev–Trinajstić information content (AvgIpc) is 2.85. The lowest BCUT2D eigenvalue weighted by Crippen LogP contribution is -1.97. The maximum absolute atomic E-state index is 11.6. The molecule has 35 heavy (non-hydrogen) atoms. The summed E-state index contributed by atoms with van der Waals surface area (Å²) in [7, 11) is 0. The van der Waals surface area contributed by atoms with Crippen LogP contribution in [0.25, 0.3) is 16.7 Å². The van der Waals surface area contributed by atoms with Crippen LogP contribution in [0.5, 0.6) is 0 Å². The zero-order valence-electron chi connectivity index (χ0n) is 21.8. The van der Waals surface area contributed by atoms with Crippen molar-refractivity contribution in [2.45, 2.75) is 53.9 Å². The van der Waals surface area contributed by atoms with Crippen molar-refractivity contribution in [2.75, 3.05) is 0 Å². The SMILES string of the molecule is C=C(CCC)/C(C)=C(/C(=C)O)c1ccccc1C.CCc1ccc(-c2ccccc2C(C)=O)cc1. The molecule has 0 aliphatic rings. The number of hydrogen-bond donors (Lipinski definition) is 1. The van der Waals surface area contributed by atoms with Crippen LogP contribution in [0.3, 0.4) is 0 Å². The Morgan fingerprint density at radius 3 is 1.91 bits per heavy atom. The molecular weight excluding hydrogens is 428 g/mol. The third-order valence-corrected chi connectivity index (χ3v) is 6.14. The average molecular weight is 467 g/mol. The summed E-state index contributed by atoms with van der Waals surface area (Å²) in [5, 5.41) is 9.88. The van der Waals surface area contributed by atoms with E-state index < -0.39 is 0 Å². The fourth-order valence-corrected chi connectivity index (χ4v) is 4.06. The number of benzene rings is 3. The summed E-state index contributed by atoms with van der Waals surface area (Å²) in [6, 6.07) is 24.2. The summed E-state index contributed by atoms with van der Waals surface area (Å²) < 4.78 is 0. The number of aryl methyl sites for hydroxylation is 2. The zero-order chi connectivity index (χ0) is 26.0. The highest BCUT2D eigenvalue weighted by molar-refractivity contribution is 6.00. The Hall–Kier alpha value is -3.65. The van der Waals surface area contributed by atoms with Crippen LogP contribution in [0.4, 0.5) is 0 Å². The molecule has 182 valence electrons. The molecule has 0 saturated heterocycles. The summed E-state index contributed by atoms with van der Waals surface area (Å²) in [4.78, 5) is 11.6. The Morgan fingerprint density at radius 2 is 1.40 bits per heavy atom. The molecule has 1 N–H and O–H groups in total. The smallest absolute Gasteiger partial charge is 0.160 e. The van der Waals surface area contributed by atoms with Gasteiger partial charge in [0.15, 0.2) is 5.78 Å². The molecule has 0 fully saturated rings. The fraction of sp³-hybridized carbons (Fsp3) is 0.242. The molecule has 3 aromatic carbocycles. The monoisotopic (exact) mass is 466 g/mol. The Kier molecular flexibility index (Phi) is 10.5. The first-order valence-corrected chi connectivity index (χ1v) is 12.2. The fourth-order valence-electron chi connectivity index (χ4n) is 4.06. The number of aliphatic hydroxyl groups excluding tert-OH is 1. The van der Waals surface area contributed by atoms with Gasteiger partial charge < -0.3 is 5.11 Å². The first-order valence-electron chi connectivity index (χ1n) is 12.2. The van der Waals surface area contributed by atoms with E-state index in [0.717, 1.165) is 63.8 Å². The molecule has 0 bridgehead atoms. The number of Topliss-reactive ketones (excluding diaryl/α,β-unsaturated/α-hetero) is 1. The predicted molar refractivity (Wildman–Crippen MR) is 151 cm³/mol. The van der Waals surface area contributed by atoms with Crippen LogP contribution in [0.2, 0.25) is 0 Å². The summed E-state index contributed by atoms with van der Waals surface area (Å²) in [5.74, 6) is 0.222.